The van der Waals surface area contributed by atoms with Crippen molar-refractivity contribution in [1.29, 1.82) is 0 Å². The predicted octanol–water partition coefficient (Wildman–Crippen LogP) is 3.33. The van der Waals surface area contributed by atoms with Crippen LogP contribution in [0.2, 0.25) is 0 Å². The van der Waals surface area contributed by atoms with Gasteiger partial charge in [0.25, 0.3) is 6.43 Å². The molecule has 0 spiro atoms. The van der Waals surface area contributed by atoms with Gasteiger partial charge in [-0.15, -0.1) is 0 Å². The molecule has 0 atom stereocenters. The van der Waals surface area contributed by atoms with E-state index in [4.69, 9.17) is 0 Å². The van der Waals surface area contributed by atoms with Gasteiger partial charge in [-0.3, -0.25) is 9.78 Å². The fourth-order valence-corrected chi connectivity index (χ4v) is 2.23. The molecule has 0 saturated heterocycles. The molecular weight excluding hydrogens is 371 g/mol. The first kappa shape index (κ1) is 12.0. The van der Waals surface area contributed by atoms with Crippen molar-refractivity contribution in [1.82, 2.24) is 4.98 Å². The maximum Gasteiger partial charge on any atom is 0.281 e. The Bertz CT molecular complexity index is 359. The Hall–Kier alpha value is -0.110. The molecule has 1 aromatic rings. The second-order valence-electron chi connectivity index (χ2n) is 2.45. The van der Waals surface area contributed by atoms with Crippen LogP contribution in [-0.4, -0.2) is 11.3 Å². The third-order valence-corrected chi connectivity index (χ3v) is 3.37. The van der Waals surface area contributed by atoms with Gasteiger partial charge in [-0.05, 0) is 28.2 Å². The molecule has 1 aromatic heterocycles. The van der Waals surface area contributed by atoms with Gasteiger partial charge in [0.15, 0.2) is 6.29 Å². The van der Waals surface area contributed by atoms with E-state index in [1.54, 1.807) is 22.6 Å². The lowest BCUT2D eigenvalue weighted by molar-refractivity contribution is 0.112. The molecule has 0 saturated carbocycles. The molecule has 1 heterocycles. The minimum Gasteiger partial charge on any atom is -0.298 e. The van der Waals surface area contributed by atoms with Gasteiger partial charge >= 0.3 is 0 Å². The van der Waals surface area contributed by atoms with Gasteiger partial charge in [-0.1, -0.05) is 15.9 Å². The summed E-state index contributed by atoms with van der Waals surface area (Å²) in [5.74, 6) is 0. The number of aldehydes is 1. The molecule has 0 unspecified atom stereocenters. The average molecular weight is 376 g/mol. The molecule has 2 nitrogen and oxygen atoms in total. The number of nitrogens with zero attached hydrogens (tertiary/aromatic N) is 1. The summed E-state index contributed by atoms with van der Waals surface area (Å²) < 4.78 is 25.0. The van der Waals surface area contributed by atoms with Gasteiger partial charge in [0.1, 0.15) is 5.69 Å². The number of pyridine rings is 1. The van der Waals surface area contributed by atoms with Crippen LogP contribution >= 0.6 is 38.5 Å². The second-order valence-corrected chi connectivity index (χ2v) is 4.09. The number of aromatic nitrogens is 1. The minimum atomic E-state index is -2.65. The van der Waals surface area contributed by atoms with E-state index in [1.807, 2.05) is 0 Å². The molecular formula is C8H5BrF2INO. The maximum atomic E-state index is 12.4. The highest BCUT2D eigenvalue weighted by atomic mass is 127. The molecule has 0 fully saturated rings. The molecule has 0 amide bonds. The van der Waals surface area contributed by atoms with Crippen molar-refractivity contribution in [2.45, 2.75) is 11.8 Å². The van der Waals surface area contributed by atoms with Crippen molar-refractivity contribution in [3.8, 4) is 0 Å². The highest BCUT2D eigenvalue weighted by Gasteiger charge is 2.18. The Morgan fingerprint density at radius 1 is 1.64 bits per heavy atom. The molecule has 0 aliphatic carbocycles. The summed E-state index contributed by atoms with van der Waals surface area (Å²) in [5.41, 5.74) is 0.568. The van der Waals surface area contributed by atoms with Crippen LogP contribution in [0.15, 0.2) is 6.20 Å². The summed E-state index contributed by atoms with van der Waals surface area (Å²) >= 11 is 4.87. The van der Waals surface area contributed by atoms with Crippen LogP contribution < -0.4 is 0 Å². The van der Waals surface area contributed by atoms with Gasteiger partial charge in [0.05, 0.1) is 3.57 Å². The molecule has 0 N–H and O–H groups in total. The Kier molecular flexibility index (Phi) is 4.36. The van der Waals surface area contributed by atoms with Gasteiger partial charge in [0, 0.05) is 17.1 Å². The van der Waals surface area contributed by atoms with Gasteiger partial charge < -0.3 is 0 Å². The number of carbonyl (C=O) groups is 1. The summed E-state index contributed by atoms with van der Waals surface area (Å²) in [6.45, 7) is 0. The van der Waals surface area contributed by atoms with Crippen molar-refractivity contribution in [3.05, 3.63) is 26.6 Å². The second kappa shape index (κ2) is 5.11. The molecule has 6 heteroatoms. The summed E-state index contributed by atoms with van der Waals surface area (Å²) in [4.78, 5) is 14.3. The average Bonchev–Trinajstić information content (AvgIpc) is 2.16. The predicted molar refractivity (Wildman–Crippen MR) is 59.9 cm³/mol. The number of carbonyl (C=O) groups excluding carboxylic acids is 1. The normalized spacial score (nSPS) is 10.6. The molecule has 76 valence electrons. The summed E-state index contributed by atoms with van der Waals surface area (Å²) in [6, 6.07) is 0. The van der Waals surface area contributed by atoms with Crippen LogP contribution in [0.25, 0.3) is 0 Å². The number of hydrogen-bond acceptors (Lipinski definition) is 2. The maximum absolute atomic E-state index is 12.4. The molecule has 0 aliphatic rings. The van der Waals surface area contributed by atoms with Gasteiger partial charge in [-0.25, -0.2) is 8.78 Å². The fraction of sp³-hybridized carbons (Fsp3) is 0.250. The highest BCUT2D eigenvalue weighted by molar-refractivity contribution is 14.1. The van der Waals surface area contributed by atoms with Gasteiger partial charge in [0.2, 0.25) is 0 Å². The Balaban J connectivity index is 3.34. The minimum absolute atomic E-state index is 0.226. The van der Waals surface area contributed by atoms with E-state index in [2.05, 4.69) is 20.9 Å². The Labute approximate surface area is 101 Å². The third kappa shape index (κ3) is 2.28. The van der Waals surface area contributed by atoms with Crippen molar-refractivity contribution in [2.75, 3.05) is 0 Å². The highest BCUT2D eigenvalue weighted by Crippen LogP contribution is 2.26. The zero-order chi connectivity index (χ0) is 10.7. The summed E-state index contributed by atoms with van der Waals surface area (Å²) in [7, 11) is 0. The lowest BCUT2D eigenvalue weighted by Gasteiger charge is -2.07. The van der Waals surface area contributed by atoms with Crippen LogP contribution in [0.5, 0.6) is 0 Å². The number of halogens is 4. The van der Waals surface area contributed by atoms with Crippen molar-refractivity contribution < 1.29 is 13.6 Å². The first-order valence-electron chi connectivity index (χ1n) is 3.58. The van der Waals surface area contributed by atoms with Crippen molar-refractivity contribution in [3.63, 3.8) is 0 Å². The molecule has 0 radical (unpaired) electrons. The van der Waals surface area contributed by atoms with E-state index in [9.17, 15) is 13.6 Å². The molecule has 14 heavy (non-hydrogen) atoms. The van der Waals surface area contributed by atoms with Crippen molar-refractivity contribution in [2.24, 2.45) is 0 Å². The van der Waals surface area contributed by atoms with E-state index in [1.165, 1.54) is 6.20 Å². The topological polar surface area (TPSA) is 30.0 Å². The molecule has 0 aromatic carbocycles. The Morgan fingerprint density at radius 2 is 2.29 bits per heavy atom. The van der Waals surface area contributed by atoms with Crippen molar-refractivity contribution >= 4 is 44.8 Å². The largest absolute Gasteiger partial charge is 0.298 e. The first-order valence-corrected chi connectivity index (χ1v) is 5.78. The van der Waals surface area contributed by atoms with E-state index < -0.39 is 6.43 Å². The van der Waals surface area contributed by atoms with Crippen LogP contribution in [0.3, 0.4) is 0 Å². The smallest absolute Gasteiger partial charge is 0.281 e. The third-order valence-electron chi connectivity index (χ3n) is 1.64. The van der Waals surface area contributed by atoms with Gasteiger partial charge in [-0.2, -0.15) is 0 Å². The Morgan fingerprint density at radius 3 is 2.71 bits per heavy atom. The lowest BCUT2D eigenvalue weighted by atomic mass is 10.1. The summed E-state index contributed by atoms with van der Waals surface area (Å²) in [6.07, 6.45) is -0.779. The van der Waals surface area contributed by atoms with Crippen LogP contribution in [-0.2, 0) is 5.33 Å². The number of alkyl halides is 3. The lowest BCUT2D eigenvalue weighted by Crippen LogP contribution is -2.02. The summed E-state index contributed by atoms with van der Waals surface area (Å²) in [5, 5.41) is 0.424. The number of rotatable bonds is 3. The fourth-order valence-electron chi connectivity index (χ4n) is 0.939. The number of hydrogen-bond donors (Lipinski definition) is 0. The van der Waals surface area contributed by atoms with E-state index in [0.29, 0.717) is 17.2 Å². The molecule has 0 bridgehead atoms. The quantitative estimate of drug-likeness (QED) is 0.461. The monoisotopic (exact) mass is 375 g/mol. The van der Waals surface area contributed by atoms with Crippen LogP contribution in [0.1, 0.15) is 28.0 Å². The SMILES string of the molecule is O=Cc1c(CBr)cnc(C(F)F)c1I. The standard InChI is InChI=1S/C8H5BrF2INO/c9-1-4-2-13-7(8(10)11)6(12)5(4)3-14/h2-3,8H,1H2. The molecule has 1 rings (SSSR count). The molecule has 0 aliphatic heterocycles. The zero-order valence-corrected chi connectivity index (χ0v) is 10.5. The van der Waals surface area contributed by atoms with Crippen LogP contribution in [0.4, 0.5) is 8.78 Å². The first-order chi connectivity index (χ1) is 6.61. The van der Waals surface area contributed by atoms with Crippen LogP contribution in [0, 0.1) is 3.57 Å². The van der Waals surface area contributed by atoms with E-state index >= 15 is 0 Å². The zero-order valence-electron chi connectivity index (χ0n) is 6.81. The van der Waals surface area contributed by atoms with E-state index in [0.717, 1.165) is 0 Å². The van der Waals surface area contributed by atoms with E-state index in [-0.39, 0.29) is 14.8 Å².